The Kier molecular flexibility index (Phi) is 3.35. The summed E-state index contributed by atoms with van der Waals surface area (Å²) < 4.78 is 0. The molecule has 3 heteroatoms. The van der Waals surface area contributed by atoms with Gasteiger partial charge in [0, 0.05) is 25.2 Å². The molecule has 1 aliphatic heterocycles. The van der Waals surface area contributed by atoms with E-state index in [-0.39, 0.29) is 0 Å². The summed E-state index contributed by atoms with van der Waals surface area (Å²) >= 11 is 0. The van der Waals surface area contributed by atoms with E-state index in [1.54, 1.807) is 0 Å². The van der Waals surface area contributed by atoms with Crippen LogP contribution < -0.4 is 10.6 Å². The Morgan fingerprint density at radius 3 is 2.73 bits per heavy atom. The fourth-order valence-corrected chi connectivity index (χ4v) is 1.71. The first-order chi connectivity index (χ1) is 7.40. The van der Waals surface area contributed by atoms with Crippen LogP contribution in [0.1, 0.15) is 17.5 Å². The molecule has 1 aromatic carbocycles. The van der Waals surface area contributed by atoms with Gasteiger partial charge < -0.3 is 10.6 Å². The first-order valence-electron chi connectivity index (χ1n) is 5.42. The Labute approximate surface area is 90.6 Å². The van der Waals surface area contributed by atoms with E-state index >= 15 is 0 Å². The van der Waals surface area contributed by atoms with Gasteiger partial charge in [0.15, 0.2) is 0 Å². The molecular weight excluding hydrogens is 186 g/mol. The van der Waals surface area contributed by atoms with Crippen molar-refractivity contribution in [3.8, 4) is 0 Å². The van der Waals surface area contributed by atoms with Crippen molar-refractivity contribution >= 4 is 5.84 Å². The van der Waals surface area contributed by atoms with Crippen LogP contribution in [-0.4, -0.2) is 26.0 Å². The number of rotatable bonds is 3. The molecule has 0 atom stereocenters. The Bertz CT molecular complexity index is 340. The van der Waals surface area contributed by atoms with Crippen molar-refractivity contribution in [2.45, 2.75) is 13.0 Å². The van der Waals surface area contributed by atoms with Gasteiger partial charge in [-0.3, -0.25) is 4.99 Å². The van der Waals surface area contributed by atoms with E-state index < -0.39 is 0 Å². The van der Waals surface area contributed by atoms with E-state index in [2.05, 4.69) is 39.9 Å². The standard InChI is InChI=1S/C12H17N3/c1-13-9-10-3-5-11(6-4-10)12-14-7-2-8-15-12/h3-6,13H,2,7-9H2,1H3,(H,14,15). The normalized spacial score (nSPS) is 15.7. The number of hydrogen-bond acceptors (Lipinski definition) is 3. The summed E-state index contributed by atoms with van der Waals surface area (Å²) in [5.41, 5.74) is 2.49. The number of aliphatic imine (C=N–C) groups is 1. The van der Waals surface area contributed by atoms with E-state index in [9.17, 15) is 0 Å². The molecule has 0 bridgehead atoms. The smallest absolute Gasteiger partial charge is 0.128 e. The maximum atomic E-state index is 4.47. The number of nitrogens with zero attached hydrogens (tertiary/aromatic N) is 1. The van der Waals surface area contributed by atoms with Gasteiger partial charge in [0.25, 0.3) is 0 Å². The van der Waals surface area contributed by atoms with Crippen LogP contribution in [0.5, 0.6) is 0 Å². The van der Waals surface area contributed by atoms with E-state index in [0.29, 0.717) is 0 Å². The molecule has 15 heavy (non-hydrogen) atoms. The van der Waals surface area contributed by atoms with Crippen LogP contribution in [0.4, 0.5) is 0 Å². The van der Waals surface area contributed by atoms with Crippen molar-refractivity contribution in [3.05, 3.63) is 35.4 Å². The Hall–Kier alpha value is -1.35. The highest BCUT2D eigenvalue weighted by molar-refractivity contribution is 5.99. The summed E-state index contributed by atoms with van der Waals surface area (Å²) in [5, 5.41) is 6.46. The number of hydrogen-bond donors (Lipinski definition) is 2. The lowest BCUT2D eigenvalue weighted by Gasteiger charge is -2.14. The van der Waals surface area contributed by atoms with Gasteiger partial charge in [0.2, 0.25) is 0 Å². The Morgan fingerprint density at radius 2 is 2.13 bits per heavy atom. The zero-order chi connectivity index (χ0) is 10.5. The molecule has 1 aliphatic rings. The molecule has 0 radical (unpaired) electrons. The summed E-state index contributed by atoms with van der Waals surface area (Å²) in [6.07, 6.45) is 1.14. The molecule has 0 saturated heterocycles. The topological polar surface area (TPSA) is 36.4 Å². The maximum absolute atomic E-state index is 4.47. The van der Waals surface area contributed by atoms with Crippen LogP contribution in [0.3, 0.4) is 0 Å². The van der Waals surface area contributed by atoms with Crippen molar-refractivity contribution in [2.75, 3.05) is 20.1 Å². The minimum atomic E-state index is 0.917. The number of nitrogens with one attached hydrogen (secondary N) is 2. The van der Waals surface area contributed by atoms with Crippen molar-refractivity contribution in [2.24, 2.45) is 4.99 Å². The molecule has 1 aromatic rings. The molecule has 1 heterocycles. The van der Waals surface area contributed by atoms with Gasteiger partial charge in [-0.25, -0.2) is 0 Å². The lowest BCUT2D eigenvalue weighted by molar-refractivity contribution is 0.742. The highest BCUT2D eigenvalue weighted by Gasteiger charge is 2.05. The first-order valence-corrected chi connectivity index (χ1v) is 5.42. The summed E-state index contributed by atoms with van der Waals surface area (Å²) in [4.78, 5) is 4.47. The highest BCUT2D eigenvalue weighted by atomic mass is 15.0. The molecule has 0 amide bonds. The lowest BCUT2D eigenvalue weighted by Crippen LogP contribution is -2.30. The molecule has 0 fully saturated rings. The highest BCUT2D eigenvalue weighted by Crippen LogP contribution is 2.06. The van der Waals surface area contributed by atoms with Crippen molar-refractivity contribution < 1.29 is 0 Å². The second-order valence-electron chi connectivity index (χ2n) is 3.74. The van der Waals surface area contributed by atoms with Crippen LogP contribution in [0.25, 0.3) is 0 Å². The fraction of sp³-hybridized carbons (Fsp3) is 0.417. The van der Waals surface area contributed by atoms with Crippen LogP contribution in [0.15, 0.2) is 29.3 Å². The summed E-state index contributed by atoms with van der Waals surface area (Å²) in [6.45, 7) is 2.90. The van der Waals surface area contributed by atoms with Crippen LogP contribution in [-0.2, 0) is 6.54 Å². The van der Waals surface area contributed by atoms with Crippen LogP contribution in [0, 0.1) is 0 Å². The van der Waals surface area contributed by atoms with Crippen molar-refractivity contribution in [1.82, 2.24) is 10.6 Å². The third-order valence-electron chi connectivity index (χ3n) is 2.51. The van der Waals surface area contributed by atoms with Crippen LogP contribution in [0.2, 0.25) is 0 Å². The van der Waals surface area contributed by atoms with E-state index in [1.165, 1.54) is 11.1 Å². The zero-order valence-electron chi connectivity index (χ0n) is 9.09. The van der Waals surface area contributed by atoms with E-state index in [0.717, 1.165) is 31.9 Å². The summed E-state index contributed by atoms with van der Waals surface area (Å²) in [5.74, 6) is 1.04. The number of amidine groups is 1. The summed E-state index contributed by atoms with van der Waals surface area (Å²) in [7, 11) is 1.96. The second-order valence-corrected chi connectivity index (χ2v) is 3.74. The second kappa shape index (κ2) is 4.94. The minimum Gasteiger partial charge on any atom is -0.370 e. The minimum absolute atomic E-state index is 0.917. The van der Waals surface area contributed by atoms with Gasteiger partial charge >= 0.3 is 0 Å². The largest absolute Gasteiger partial charge is 0.370 e. The first kappa shape index (κ1) is 10.2. The predicted octanol–water partition coefficient (Wildman–Crippen LogP) is 1.15. The Morgan fingerprint density at radius 1 is 1.33 bits per heavy atom. The van der Waals surface area contributed by atoms with Crippen molar-refractivity contribution in [3.63, 3.8) is 0 Å². The Balaban J connectivity index is 2.12. The maximum Gasteiger partial charge on any atom is 0.128 e. The zero-order valence-corrected chi connectivity index (χ0v) is 9.09. The SMILES string of the molecule is CNCc1ccc(C2=NCCCN2)cc1. The van der Waals surface area contributed by atoms with Gasteiger partial charge in [0.1, 0.15) is 5.84 Å². The molecule has 0 saturated carbocycles. The third-order valence-corrected chi connectivity index (χ3v) is 2.51. The monoisotopic (exact) mass is 203 g/mol. The quantitative estimate of drug-likeness (QED) is 0.773. The lowest BCUT2D eigenvalue weighted by atomic mass is 10.1. The van der Waals surface area contributed by atoms with Crippen LogP contribution >= 0.6 is 0 Å². The van der Waals surface area contributed by atoms with Gasteiger partial charge in [-0.1, -0.05) is 24.3 Å². The molecule has 0 unspecified atom stereocenters. The molecule has 80 valence electrons. The van der Waals surface area contributed by atoms with Crippen molar-refractivity contribution in [1.29, 1.82) is 0 Å². The molecule has 2 rings (SSSR count). The van der Waals surface area contributed by atoms with Gasteiger partial charge in [-0.05, 0) is 19.0 Å². The molecule has 0 spiro atoms. The molecular formula is C12H17N3. The van der Waals surface area contributed by atoms with Gasteiger partial charge in [0.05, 0.1) is 0 Å². The predicted molar refractivity (Wildman–Crippen MR) is 63.2 cm³/mol. The molecule has 3 nitrogen and oxygen atoms in total. The molecule has 0 aromatic heterocycles. The summed E-state index contributed by atoms with van der Waals surface area (Å²) in [6, 6.07) is 8.54. The average molecular weight is 203 g/mol. The van der Waals surface area contributed by atoms with Gasteiger partial charge in [-0.2, -0.15) is 0 Å². The van der Waals surface area contributed by atoms with E-state index in [4.69, 9.17) is 0 Å². The fourth-order valence-electron chi connectivity index (χ4n) is 1.71. The number of benzene rings is 1. The molecule has 0 aliphatic carbocycles. The average Bonchev–Trinajstić information content (AvgIpc) is 2.32. The third kappa shape index (κ3) is 2.57. The molecule has 2 N–H and O–H groups in total. The van der Waals surface area contributed by atoms with Gasteiger partial charge in [-0.15, -0.1) is 0 Å². The van der Waals surface area contributed by atoms with E-state index in [1.807, 2.05) is 7.05 Å².